The Kier molecular flexibility index (Phi) is 3.29. The van der Waals surface area contributed by atoms with Gasteiger partial charge in [0.15, 0.2) is 0 Å². The molecule has 17 heavy (non-hydrogen) atoms. The number of aryl methyl sites for hydroxylation is 1. The molecule has 0 radical (unpaired) electrons. The normalized spacial score (nSPS) is 12.9. The number of likely N-dealkylation sites (N-methyl/N-ethyl adjacent to an activating group) is 1. The molecule has 1 aromatic carbocycles. The zero-order chi connectivity index (χ0) is 12.4. The summed E-state index contributed by atoms with van der Waals surface area (Å²) in [6, 6.07) is 6.10. The van der Waals surface area contributed by atoms with E-state index in [4.69, 9.17) is 0 Å². The second-order valence-corrected chi connectivity index (χ2v) is 4.47. The molecule has 0 spiro atoms. The highest BCUT2D eigenvalue weighted by Crippen LogP contribution is 2.23. The third kappa shape index (κ3) is 2.24. The van der Waals surface area contributed by atoms with E-state index in [9.17, 15) is 4.79 Å². The van der Waals surface area contributed by atoms with Gasteiger partial charge in [-0.05, 0) is 44.5 Å². The number of H-pyrrole nitrogens is 1. The highest BCUT2D eigenvalue weighted by atomic mass is 16.1. The SMILES string of the molecule is CN[C@@H](Cc1c[nH]c2cccc(C)c12)C(C)=O. The molecule has 0 aliphatic heterocycles. The van der Waals surface area contributed by atoms with Gasteiger partial charge in [-0.3, -0.25) is 4.79 Å². The molecule has 3 nitrogen and oxygen atoms in total. The molecule has 0 saturated heterocycles. The molecule has 0 unspecified atom stereocenters. The Labute approximate surface area is 101 Å². The van der Waals surface area contributed by atoms with E-state index in [1.807, 2.05) is 19.3 Å². The molecule has 0 bridgehead atoms. The van der Waals surface area contributed by atoms with Crippen LogP contribution >= 0.6 is 0 Å². The summed E-state index contributed by atoms with van der Waals surface area (Å²) < 4.78 is 0. The van der Waals surface area contributed by atoms with E-state index >= 15 is 0 Å². The van der Waals surface area contributed by atoms with Gasteiger partial charge in [-0.25, -0.2) is 0 Å². The molecule has 2 aromatic rings. The van der Waals surface area contributed by atoms with Gasteiger partial charge in [0.1, 0.15) is 5.78 Å². The van der Waals surface area contributed by atoms with Gasteiger partial charge in [0, 0.05) is 17.1 Å². The van der Waals surface area contributed by atoms with Crippen LogP contribution in [0.15, 0.2) is 24.4 Å². The molecule has 1 atom stereocenters. The number of rotatable bonds is 4. The highest BCUT2D eigenvalue weighted by Gasteiger charge is 2.15. The van der Waals surface area contributed by atoms with Gasteiger partial charge in [0.2, 0.25) is 0 Å². The molecule has 2 rings (SSSR count). The Morgan fingerprint density at radius 3 is 2.88 bits per heavy atom. The van der Waals surface area contributed by atoms with Crippen LogP contribution in [0.5, 0.6) is 0 Å². The topological polar surface area (TPSA) is 44.9 Å². The summed E-state index contributed by atoms with van der Waals surface area (Å²) >= 11 is 0. The lowest BCUT2D eigenvalue weighted by Crippen LogP contribution is -2.34. The largest absolute Gasteiger partial charge is 0.361 e. The Hall–Kier alpha value is -1.61. The standard InChI is InChI=1S/C14H18N2O/c1-9-5-4-6-12-14(9)11(8-16-12)7-13(15-3)10(2)17/h4-6,8,13,15-16H,7H2,1-3H3/t13-/m0/s1. The van der Waals surface area contributed by atoms with Crippen molar-refractivity contribution >= 4 is 16.7 Å². The van der Waals surface area contributed by atoms with E-state index in [0.717, 1.165) is 11.9 Å². The van der Waals surface area contributed by atoms with Crippen molar-refractivity contribution < 1.29 is 4.79 Å². The molecule has 0 aliphatic carbocycles. The zero-order valence-corrected chi connectivity index (χ0v) is 10.5. The van der Waals surface area contributed by atoms with Crippen LogP contribution in [-0.4, -0.2) is 23.9 Å². The van der Waals surface area contributed by atoms with Gasteiger partial charge in [0.05, 0.1) is 6.04 Å². The van der Waals surface area contributed by atoms with Crippen molar-refractivity contribution in [2.45, 2.75) is 26.3 Å². The van der Waals surface area contributed by atoms with Crippen LogP contribution in [-0.2, 0) is 11.2 Å². The van der Waals surface area contributed by atoms with Crippen molar-refractivity contribution in [1.82, 2.24) is 10.3 Å². The number of carbonyl (C=O) groups excluding carboxylic acids is 1. The summed E-state index contributed by atoms with van der Waals surface area (Å²) in [6.07, 6.45) is 2.74. The summed E-state index contributed by atoms with van der Waals surface area (Å²) in [4.78, 5) is 14.7. The maximum absolute atomic E-state index is 11.4. The summed E-state index contributed by atoms with van der Waals surface area (Å²) in [5.74, 6) is 0.176. The predicted molar refractivity (Wildman–Crippen MR) is 70.3 cm³/mol. The predicted octanol–water partition coefficient (Wildman–Crippen LogP) is 2.20. The van der Waals surface area contributed by atoms with Crippen molar-refractivity contribution in [3.05, 3.63) is 35.5 Å². The van der Waals surface area contributed by atoms with Crippen molar-refractivity contribution in [1.29, 1.82) is 0 Å². The first-order valence-corrected chi connectivity index (χ1v) is 5.86. The minimum absolute atomic E-state index is 0.103. The number of benzene rings is 1. The van der Waals surface area contributed by atoms with Crippen LogP contribution < -0.4 is 5.32 Å². The van der Waals surface area contributed by atoms with E-state index in [1.54, 1.807) is 6.92 Å². The van der Waals surface area contributed by atoms with Crippen LogP contribution in [0.25, 0.3) is 10.9 Å². The number of ketones is 1. The molecule has 3 heteroatoms. The van der Waals surface area contributed by atoms with Crippen LogP contribution in [0.3, 0.4) is 0 Å². The van der Waals surface area contributed by atoms with E-state index in [-0.39, 0.29) is 11.8 Å². The van der Waals surface area contributed by atoms with E-state index in [0.29, 0.717) is 0 Å². The lowest BCUT2D eigenvalue weighted by molar-refractivity contribution is -0.118. The number of carbonyl (C=O) groups is 1. The van der Waals surface area contributed by atoms with Crippen LogP contribution in [0.2, 0.25) is 0 Å². The van der Waals surface area contributed by atoms with Gasteiger partial charge >= 0.3 is 0 Å². The number of nitrogens with one attached hydrogen (secondary N) is 2. The number of fused-ring (bicyclic) bond motifs is 1. The fraction of sp³-hybridized carbons (Fsp3) is 0.357. The van der Waals surface area contributed by atoms with Crippen LogP contribution in [0.4, 0.5) is 0 Å². The lowest BCUT2D eigenvalue weighted by atomic mass is 10.00. The summed E-state index contributed by atoms with van der Waals surface area (Å²) in [5, 5.41) is 4.30. The maximum atomic E-state index is 11.4. The first kappa shape index (κ1) is 11.9. The van der Waals surface area contributed by atoms with E-state index in [1.165, 1.54) is 16.5 Å². The Bertz CT molecular complexity index is 542. The number of hydrogen-bond acceptors (Lipinski definition) is 2. The second kappa shape index (κ2) is 4.72. The van der Waals surface area contributed by atoms with E-state index in [2.05, 4.69) is 29.4 Å². The average molecular weight is 230 g/mol. The molecule has 90 valence electrons. The van der Waals surface area contributed by atoms with Crippen LogP contribution in [0.1, 0.15) is 18.1 Å². The summed E-state index contributed by atoms with van der Waals surface area (Å²) in [5.41, 5.74) is 3.59. The first-order valence-electron chi connectivity index (χ1n) is 5.86. The maximum Gasteiger partial charge on any atom is 0.147 e. The monoisotopic (exact) mass is 230 g/mol. The third-order valence-corrected chi connectivity index (χ3v) is 3.26. The fourth-order valence-electron chi connectivity index (χ4n) is 2.28. The minimum atomic E-state index is -0.103. The van der Waals surface area contributed by atoms with Crippen LogP contribution in [0, 0.1) is 6.92 Å². The highest BCUT2D eigenvalue weighted by molar-refractivity contribution is 5.88. The van der Waals surface area contributed by atoms with Gasteiger partial charge in [-0.2, -0.15) is 0 Å². The van der Waals surface area contributed by atoms with Gasteiger partial charge < -0.3 is 10.3 Å². The smallest absolute Gasteiger partial charge is 0.147 e. The lowest BCUT2D eigenvalue weighted by Gasteiger charge is -2.12. The minimum Gasteiger partial charge on any atom is -0.361 e. The van der Waals surface area contributed by atoms with Gasteiger partial charge in [0.25, 0.3) is 0 Å². The van der Waals surface area contributed by atoms with Crippen molar-refractivity contribution in [3.8, 4) is 0 Å². The molecule has 0 saturated carbocycles. The molecule has 0 aliphatic rings. The summed E-state index contributed by atoms with van der Waals surface area (Å²) in [7, 11) is 1.83. The molecule has 2 N–H and O–H groups in total. The molecule has 1 aromatic heterocycles. The Balaban J connectivity index is 2.39. The third-order valence-electron chi connectivity index (χ3n) is 3.26. The number of aromatic amines is 1. The molecule has 1 heterocycles. The Morgan fingerprint density at radius 1 is 1.47 bits per heavy atom. The zero-order valence-electron chi connectivity index (χ0n) is 10.5. The average Bonchev–Trinajstić information content (AvgIpc) is 2.70. The number of aromatic nitrogens is 1. The van der Waals surface area contributed by atoms with Crippen molar-refractivity contribution in [2.24, 2.45) is 0 Å². The number of Topliss-reactive ketones (excluding diaryl/α,β-unsaturated/α-hetero) is 1. The second-order valence-electron chi connectivity index (χ2n) is 4.47. The van der Waals surface area contributed by atoms with Gasteiger partial charge in [-0.15, -0.1) is 0 Å². The molecule has 0 amide bonds. The molecule has 0 fully saturated rings. The Morgan fingerprint density at radius 2 is 2.24 bits per heavy atom. The molecular weight excluding hydrogens is 212 g/mol. The molecular formula is C14H18N2O. The quantitative estimate of drug-likeness (QED) is 0.845. The number of hydrogen-bond donors (Lipinski definition) is 2. The van der Waals surface area contributed by atoms with Crippen molar-refractivity contribution in [3.63, 3.8) is 0 Å². The fourth-order valence-corrected chi connectivity index (χ4v) is 2.28. The van der Waals surface area contributed by atoms with Gasteiger partial charge in [-0.1, -0.05) is 12.1 Å². The van der Waals surface area contributed by atoms with E-state index < -0.39 is 0 Å². The van der Waals surface area contributed by atoms with Crippen molar-refractivity contribution in [2.75, 3.05) is 7.05 Å². The first-order chi connectivity index (χ1) is 8.13. The summed E-state index contributed by atoms with van der Waals surface area (Å²) in [6.45, 7) is 3.73.